The van der Waals surface area contributed by atoms with Gasteiger partial charge in [0.05, 0.1) is 18.0 Å². The van der Waals surface area contributed by atoms with Gasteiger partial charge in [-0.2, -0.15) is 0 Å². The molecule has 0 aliphatic carbocycles. The van der Waals surface area contributed by atoms with Gasteiger partial charge in [0.15, 0.2) is 0 Å². The quantitative estimate of drug-likeness (QED) is 0.766. The van der Waals surface area contributed by atoms with Crippen LogP contribution in [0.25, 0.3) is 10.9 Å². The molecule has 0 spiro atoms. The molecule has 2 rings (SSSR count). The highest BCUT2D eigenvalue weighted by atomic mass is 16.5. The van der Waals surface area contributed by atoms with Crippen LogP contribution in [-0.2, 0) is 0 Å². The minimum absolute atomic E-state index is 0.125. The van der Waals surface area contributed by atoms with Gasteiger partial charge in [-0.05, 0) is 18.2 Å². The van der Waals surface area contributed by atoms with Gasteiger partial charge in [-0.25, -0.2) is 0 Å². The van der Waals surface area contributed by atoms with Crippen LogP contribution in [0.3, 0.4) is 0 Å². The predicted octanol–water partition coefficient (Wildman–Crippen LogP) is 0.931. The van der Waals surface area contributed by atoms with E-state index < -0.39 is 0 Å². The normalized spacial score (nSPS) is 10.3. The van der Waals surface area contributed by atoms with Gasteiger partial charge in [-0.15, -0.1) is 5.10 Å². The number of H-pyrrole nitrogens is 1. The van der Waals surface area contributed by atoms with Crippen LogP contribution in [0.1, 0.15) is 10.4 Å². The standard InChI is InChI=1S/C10H11N3O2/c1-11-9(14)6-3-4-8-7(5-6)10(15-2)13-12-8/h3-5H,1-2H3,(H,11,14)(H,12,13). The Balaban J connectivity index is 2.57. The summed E-state index contributed by atoms with van der Waals surface area (Å²) in [4.78, 5) is 11.4. The number of aromatic amines is 1. The molecule has 0 radical (unpaired) electrons. The minimum Gasteiger partial charge on any atom is -0.480 e. The number of aromatic nitrogens is 2. The lowest BCUT2D eigenvalue weighted by Gasteiger charge is -1.99. The monoisotopic (exact) mass is 205 g/mol. The summed E-state index contributed by atoms with van der Waals surface area (Å²) in [6.45, 7) is 0. The van der Waals surface area contributed by atoms with Crippen LogP contribution in [0, 0.1) is 0 Å². The Morgan fingerprint density at radius 3 is 3.00 bits per heavy atom. The first kappa shape index (κ1) is 9.51. The number of methoxy groups -OCH3 is 1. The molecule has 0 unspecified atom stereocenters. The van der Waals surface area contributed by atoms with E-state index in [9.17, 15) is 4.79 Å². The van der Waals surface area contributed by atoms with E-state index in [1.54, 1.807) is 32.4 Å². The maximum Gasteiger partial charge on any atom is 0.251 e. The number of nitrogens with zero attached hydrogens (tertiary/aromatic N) is 1. The third-order valence-electron chi connectivity index (χ3n) is 2.21. The lowest BCUT2D eigenvalue weighted by Crippen LogP contribution is -2.17. The average Bonchev–Trinajstić information content (AvgIpc) is 2.69. The third kappa shape index (κ3) is 1.52. The van der Waals surface area contributed by atoms with Crippen molar-refractivity contribution in [3.8, 4) is 5.88 Å². The molecule has 2 aromatic rings. The van der Waals surface area contributed by atoms with E-state index >= 15 is 0 Å². The molecule has 0 fully saturated rings. The van der Waals surface area contributed by atoms with Crippen LogP contribution >= 0.6 is 0 Å². The zero-order valence-corrected chi connectivity index (χ0v) is 8.50. The van der Waals surface area contributed by atoms with E-state index in [-0.39, 0.29) is 5.91 Å². The summed E-state index contributed by atoms with van der Waals surface area (Å²) in [5, 5.41) is 10.1. The van der Waals surface area contributed by atoms with E-state index in [4.69, 9.17) is 4.74 Å². The highest BCUT2D eigenvalue weighted by molar-refractivity contribution is 5.98. The number of carbonyl (C=O) groups is 1. The number of nitrogens with one attached hydrogen (secondary N) is 2. The Morgan fingerprint density at radius 1 is 1.53 bits per heavy atom. The largest absolute Gasteiger partial charge is 0.480 e. The fraction of sp³-hybridized carbons (Fsp3) is 0.200. The fourth-order valence-corrected chi connectivity index (χ4v) is 1.43. The van der Waals surface area contributed by atoms with Gasteiger partial charge >= 0.3 is 0 Å². The zero-order valence-electron chi connectivity index (χ0n) is 8.50. The molecule has 5 heteroatoms. The molecular formula is C10H11N3O2. The highest BCUT2D eigenvalue weighted by Gasteiger charge is 2.09. The molecule has 15 heavy (non-hydrogen) atoms. The van der Waals surface area contributed by atoms with Crippen molar-refractivity contribution in [3.05, 3.63) is 23.8 Å². The molecular weight excluding hydrogens is 194 g/mol. The van der Waals surface area contributed by atoms with Crippen LogP contribution in [0.15, 0.2) is 18.2 Å². The minimum atomic E-state index is -0.125. The summed E-state index contributed by atoms with van der Waals surface area (Å²) in [7, 11) is 3.14. The summed E-state index contributed by atoms with van der Waals surface area (Å²) >= 11 is 0. The van der Waals surface area contributed by atoms with Crippen molar-refractivity contribution >= 4 is 16.8 Å². The number of carbonyl (C=O) groups excluding carboxylic acids is 1. The smallest absolute Gasteiger partial charge is 0.251 e. The number of amides is 1. The summed E-state index contributed by atoms with van der Waals surface area (Å²) in [5.74, 6) is 0.371. The van der Waals surface area contributed by atoms with Crippen LogP contribution in [-0.4, -0.2) is 30.3 Å². The lowest BCUT2D eigenvalue weighted by atomic mass is 10.1. The Hall–Kier alpha value is -2.04. The van der Waals surface area contributed by atoms with Crippen molar-refractivity contribution in [2.75, 3.05) is 14.2 Å². The molecule has 0 atom stereocenters. The topological polar surface area (TPSA) is 67.0 Å². The van der Waals surface area contributed by atoms with E-state index in [2.05, 4.69) is 15.5 Å². The first-order chi connectivity index (χ1) is 7.26. The number of hydrogen-bond acceptors (Lipinski definition) is 3. The zero-order chi connectivity index (χ0) is 10.8. The first-order valence-electron chi connectivity index (χ1n) is 4.50. The van der Waals surface area contributed by atoms with Crippen molar-refractivity contribution in [2.24, 2.45) is 0 Å². The highest BCUT2D eigenvalue weighted by Crippen LogP contribution is 2.23. The van der Waals surface area contributed by atoms with E-state index in [1.807, 2.05) is 0 Å². The van der Waals surface area contributed by atoms with Crippen LogP contribution in [0.4, 0.5) is 0 Å². The second-order valence-corrected chi connectivity index (χ2v) is 3.07. The maximum absolute atomic E-state index is 11.4. The van der Waals surface area contributed by atoms with Gasteiger partial charge in [0.2, 0.25) is 5.88 Å². The van der Waals surface area contributed by atoms with E-state index in [0.29, 0.717) is 11.4 Å². The predicted molar refractivity (Wildman–Crippen MR) is 56.0 cm³/mol. The summed E-state index contributed by atoms with van der Waals surface area (Å²) in [5.41, 5.74) is 1.43. The van der Waals surface area contributed by atoms with Crippen molar-refractivity contribution < 1.29 is 9.53 Å². The molecule has 1 aromatic carbocycles. The van der Waals surface area contributed by atoms with Crippen molar-refractivity contribution in [1.82, 2.24) is 15.5 Å². The Labute approximate surface area is 86.4 Å². The van der Waals surface area contributed by atoms with E-state index in [1.165, 1.54) is 0 Å². The fourth-order valence-electron chi connectivity index (χ4n) is 1.43. The van der Waals surface area contributed by atoms with Gasteiger partial charge in [0.1, 0.15) is 0 Å². The van der Waals surface area contributed by atoms with Gasteiger partial charge in [0, 0.05) is 12.6 Å². The molecule has 1 amide bonds. The van der Waals surface area contributed by atoms with Crippen molar-refractivity contribution in [1.29, 1.82) is 0 Å². The molecule has 0 saturated carbocycles. The molecule has 0 aliphatic rings. The van der Waals surface area contributed by atoms with Gasteiger partial charge in [0.25, 0.3) is 5.91 Å². The van der Waals surface area contributed by atoms with Gasteiger partial charge in [-0.3, -0.25) is 9.89 Å². The molecule has 5 nitrogen and oxygen atoms in total. The molecule has 0 aliphatic heterocycles. The SMILES string of the molecule is CNC(=O)c1ccc2[nH]nc(OC)c2c1. The second kappa shape index (κ2) is 3.61. The van der Waals surface area contributed by atoms with Crippen molar-refractivity contribution in [3.63, 3.8) is 0 Å². The molecule has 2 N–H and O–H groups in total. The van der Waals surface area contributed by atoms with Crippen LogP contribution in [0.2, 0.25) is 0 Å². The number of benzene rings is 1. The Morgan fingerprint density at radius 2 is 2.33 bits per heavy atom. The number of fused-ring (bicyclic) bond motifs is 1. The van der Waals surface area contributed by atoms with Gasteiger partial charge in [-0.1, -0.05) is 0 Å². The van der Waals surface area contributed by atoms with Crippen molar-refractivity contribution in [2.45, 2.75) is 0 Å². The number of ether oxygens (including phenoxy) is 1. The molecule has 0 bridgehead atoms. The first-order valence-corrected chi connectivity index (χ1v) is 4.50. The van der Waals surface area contributed by atoms with Crippen LogP contribution < -0.4 is 10.1 Å². The summed E-state index contributed by atoms with van der Waals surface area (Å²) < 4.78 is 5.06. The number of hydrogen-bond donors (Lipinski definition) is 2. The van der Waals surface area contributed by atoms with E-state index in [0.717, 1.165) is 10.9 Å². The maximum atomic E-state index is 11.4. The Bertz CT molecular complexity index is 504. The number of rotatable bonds is 2. The second-order valence-electron chi connectivity index (χ2n) is 3.07. The lowest BCUT2D eigenvalue weighted by molar-refractivity contribution is 0.0963. The molecule has 78 valence electrons. The Kier molecular flexibility index (Phi) is 2.29. The molecule has 0 saturated heterocycles. The van der Waals surface area contributed by atoms with Crippen LogP contribution in [0.5, 0.6) is 5.88 Å². The summed E-state index contributed by atoms with van der Waals surface area (Å²) in [6.07, 6.45) is 0. The third-order valence-corrected chi connectivity index (χ3v) is 2.21. The van der Waals surface area contributed by atoms with Gasteiger partial charge < -0.3 is 10.1 Å². The molecule has 1 aromatic heterocycles. The summed E-state index contributed by atoms with van der Waals surface area (Å²) in [6, 6.07) is 5.28. The molecule has 1 heterocycles. The average molecular weight is 205 g/mol.